The molecule has 1 aromatic carbocycles. The Morgan fingerprint density at radius 2 is 1.96 bits per heavy atom. The largest absolute Gasteiger partial charge is 0.467 e. The minimum Gasteiger partial charge on any atom is -0.467 e. The van der Waals surface area contributed by atoms with Crippen LogP contribution in [0.2, 0.25) is 0 Å². The second-order valence-electron chi connectivity index (χ2n) is 6.35. The van der Waals surface area contributed by atoms with Gasteiger partial charge in [-0.1, -0.05) is 18.2 Å². The number of nitrogens with zero attached hydrogens (tertiary/aromatic N) is 2. The maximum atomic E-state index is 11.1. The van der Waals surface area contributed by atoms with Crippen molar-refractivity contribution < 1.29 is 14.3 Å². The summed E-state index contributed by atoms with van der Waals surface area (Å²) in [6.07, 6.45) is 4.86. The Kier molecular flexibility index (Phi) is 3.76. The zero-order valence-electron chi connectivity index (χ0n) is 13.4. The van der Waals surface area contributed by atoms with Gasteiger partial charge in [0.05, 0.1) is 12.8 Å². The van der Waals surface area contributed by atoms with E-state index in [1.165, 1.54) is 21.4 Å². The summed E-state index contributed by atoms with van der Waals surface area (Å²) in [6.45, 7) is 1.93. The summed E-state index contributed by atoms with van der Waals surface area (Å²) in [5, 5.41) is 10.4. The van der Waals surface area contributed by atoms with Crippen molar-refractivity contribution in [1.29, 1.82) is 0 Å². The Morgan fingerprint density at radius 1 is 1.17 bits per heavy atom. The summed E-state index contributed by atoms with van der Waals surface area (Å²) < 4.78 is 7.72. The van der Waals surface area contributed by atoms with Crippen molar-refractivity contribution >= 4 is 17.0 Å². The van der Waals surface area contributed by atoms with Gasteiger partial charge < -0.3 is 19.0 Å². The van der Waals surface area contributed by atoms with E-state index < -0.39 is 6.09 Å². The van der Waals surface area contributed by atoms with E-state index in [1.54, 1.807) is 6.26 Å². The molecule has 0 spiro atoms. The number of furan rings is 1. The number of para-hydroxylation sites is 1. The van der Waals surface area contributed by atoms with Gasteiger partial charge in [0.15, 0.2) is 0 Å². The zero-order valence-corrected chi connectivity index (χ0v) is 13.4. The second kappa shape index (κ2) is 6.07. The van der Waals surface area contributed by atoms with Gasteiger partial charge in [0.2, 0.25) is 0 Å². The zero-order chi connectivity index (χ0) is 16.5. The average Bonchev–Trinajstić information content (AvgIpc) is 3.24. The third-order valence-electron chi connectivity index (χ3n) is 4.93. The van der Waals surface area contributed by atoms with E-state index in [0.29, 0.717) is 25.6 Å². The van der Waals surface area contributed by atoms with Gasteiger partial charge in [-0.05, 0) is 42.5 Å². The lowest BCUT2D eigenvalue weighted by Crippen LogP contribution is -2.36. The molecule has 3 aromatic rings. The highest BCUT2D eigenvalue weighted by Gasteiger charge is 2.25. The number of amides is 1. The highest BCUT2D eigenvalue weighted by Crippen LogP contribution is 2.34. The maximum Gasteiger partial charge on any atom is 0.407 e. The Bertz CT molecular complexity index is 843. The summed E-state index contributed by atoms with van der Waals surface area (Å²) in [6, 6.07) is 12.3. The van der Waals surface area contributed by atoms with Crippen molar-refractivity contribution in [2.75, 3.05) is 13.1 Å². The topological polar surface area (TPSA) is 58.6 Å². The van der Waals surface area contributed by atoms with Crippen molar-refractivity contribution in [2.24, 2.45) is 0 Å². The molecule has 1 fully saturated rings. The van der Waals surface area contributed by atoms with Gasteiger partial charge in [0.25, 0.3) is 0 Å². The van der Waals surface area contributed by atoms with Gasteiger partial charge in [-0.3, -0.25) is 0 Å². The van der Waals surface area contributed by atoms with Crippen molar-refractivity contribution in [1.82, 2.24) is 9.47 Å². The first kappa shape index (κ1) is 14.9. The molecular weight excluding hydrogens is 304 g/mol. The van der Waals surface area contributed by atoms with Crippen LogP contribution in [0.15, 0.2) is 53.3 Å². The molecule has 0 saturated carbocycles. The molecule has 1 amide bonds. The van der Waals surface area contributed by atoms with Crippen LogP contribution in [-0.2, 0) is 6.54 Å². The van der Waals surface area contributed by atoms with Gasteiger partial charge in [-0.15, -0.1) is 0 Å². The predicted octanol–water partition coefficient (Wildman–Crippen LogP) is 4.14. The Hall–Kier alpha value is -2.69. The third kappa shape index (κ3) is 2.66. The minimum atomic E-state index is -0.811. The molecule has 3 heterocycles. The second-order valence-corrected chi connectivity index (χ2v) is 6.35. The number of likely N-dealkylation sites (tertiary alicyclic amines) is 1. The predicted molar refractivity (Wildman–Crippen MR) is 91.3 cm³/mol. The summed E-state index contributed by atoms with van der Waals surface area (Å²) in [5.74, 6) is 1.34. The SMILES string of the molecule is O=C(O)N1CCC(c2cn(Cc3ccco3)c3ccccc23)CC1. The molecular formula is C19H20N2O3. The first-order chi connectivity index (χ1) is 11.7. The minimum absolute atomic E-state index is 0.406. The molecule has 24 heavy (non-hydrogen) atoms. The van der Waals surface area contributed by atoms with E-state index in [4.69, 9.17) is 9.52 Å². The first-order valence-corrected chi connectivity index (χ1v) is 8.30. The van der Waals surface area contributed by atoms with E-state index in [-0.39, 0.29) is 0 Å². The third-order valence-corrected chi connectivity index (χ3v) is 4.93. The molecule has 0 bridgehead atoms. The van der Waals surface area contributed by atoms with Crippen molar-refractivity contribution in [3.05, 3.63) is 60.2 Å². The fourth-order valence-corrected chi connectivity index (χ4v) is 3.68. The van der Waals surface area contributed by atoms with E-state index in [9.17, 15) is 4.79 Å². The lowest BCUT2D eigenvalue weighted by atomic mass is 9.89. The van der Waals surface area contributed by atoms with Crippen LogP contribution in [0.5, 0.6) is 0 Å². The van der Waals surface area contributed by atoms with E-state index >= 15 is 0 Å². The van der Waals surface area contributed by atoms with Crippen LogP contribution in [0.25, 0.3) is 10.9 Å². The molecule has 0 unspecified atom stereocenters. The molecule has 2 aromatic heterocycles. The van der Waals surface area contributed by atoms with E-state index in [2.05, 4.69) is 35.0 Å². The summed E-state index contributed by atoms with van der Waals surface area (Å²) in [7, 11) is 0. The Morgan fingerprint density at radius 3 is 2.67 bits per heavy atom. The van der Waals surface area contributed by atoms with Crippen LogP contribution in [0, 0.1) is 0 Å². The average molecular weight is 324 g/mol. The van der Waals surface area contributed by atoms with E-state index in [0.717, 1.165) is 18.6 Å². The lowest BCUT2D eigenvalue weighted by molar-refractivity contribution is 0.132. The van der Waals surface area contributed by atoms with Crippen molar-refractivity contribution in [3.63, 3.8) is 0 Å². The maximum absolute atomic E-state index is 11.1. The number of fused-ring (bicyclic) bond motifs is 1. The van der Waals surface area contributed by atoms with Gasteiger partial charge in [-0.25, -0.2) is 4.79 Å². The van der Waals surface area contributed by atoms with Crippen molar-refractivity contribution in [3.8, 4) is 0 Å². The molecule has 1 N–H and O–H groups in total. The Balaban J connectivity index is 1.65. The molecule has 5 nitrogen and oxygen atoms in total. The normalized spacial score (nSPS) is 15.9. The number of aromatic nitrogens is 1. The van der Waals surface area contributed by atoms with Crippen LogP contribution >= 0.6 is 0 Å². The number of carbonyl (C=O) groups is 1. The molecule has 0 aliphatic carbocycles. The fraction of sp³-hybridized carbons (Fsp3) is 0.316. The molecule has 0 radical (unpaired) electrons. The van der Waals surface area contributed by atoms with Crippen LogP contribution in [0.1, 0.15) is 30.1 Å². The summed E-state index contributed by atoms with van der Waals surface area (Å²) >= 11 is 0. The van der Waals surface area contributed by atoms with Gasteiger partial charge in [-0.2, -0.15) is 0 Å². The lowest BCUT2D eigenvalue weighted by Gasteiger charge is -2.29. The molecule has 1 saturated heterocycles. The van der Waals surface area contributed by atoms with Crippen LogP contribution in [0.3, 0.4) is 0 Å². The highest BCUT2D eigenvalue weighted by molar-refractivity contribution is 5.84. The molecule has 4 rings (SSSR count). The molecule has 5 heteroatoms. The monoisotopic (exact) mass is 324 g/mol. The molecule has 1 aliphatic heterocycles. The number of carboxylic acid groups (broad SMARTS) is 1. The van der Waals surface area contributed by atoms with Crippen LogP contribution in [0.4, 0.5) is 4.79 Å². The number of hydrogen-bond acceptors (Lipinski definition) is 2. The van der Waals surface area contributed by atoms with Gasteiger partial charge in [0.1, 0.15) is 5.76 Å². The number of rotatable bonds is 3. The van der Waals surface area contributed by atoms with E-state index in [1.807, 2.05) is 12.1 Å². The smallest absolute Gasteiger partial charge is 0.407 e. The summed E-state index contributed by atoms with van der Waals surface area (Å²) in [4.78, 5) is 12.6. The summed E-state index contributed by atoms with van der Waals surface area (Å²) in [5.41, 5.74) is 2.52. The van der Waals surface area contributed by atoms with Crippen molar-refractivity contribution in [2.45, 2.75) is 25.3 Å². The molecule has 1 aliphatic rings. The quantitative estimate of drug-likeness (QED) is 0.787. The van der Waals surface area contributed by atoms with Crippen LogP contribution < -0.4 is 0 Å². The van der Waals surface area contributed by atoms with Gasteiger partial charge >= 0.3 is 6.09 Å². The fourth-order valence-electron chi connectivity index (χ4n) is 3.68. The number of piperidine rings is 1. The first-order valence-electron chi connectivity index (χ1n) is 8.30. The number of benzene rings is 1. The van der Waals surface area contributed by atoms with Gasteiger partial charge in [0, 0.05) is 30.2 Å². The van der Waals surface area contributed by atoms with Crippen LogP contribution in [-0.4, -0.2) is 33.8 Å². The number of hydrogen-bond donors (Lipinski definition) is 1. The molecule has 0 atom stereocenters. The highest BCUT2D eigenvalue weighted by atomic mass is 16.4. The molecule has 124 valence electrons. The Labute approximate surface area is 140 Å². The standard InChI is InChI=1S/C19H20N2O3/c22-19(23)20-9-7-14(8-10-20)17-13-21(12-15-4-3-11-24-15)18-6-2-1-5-16(17)18/h1-6,11,13-14H,7-10,12H2,(H,22,23).